The maximum atomic E-state index is 13.2. The number of hydrogen-bond donors (Lipinski definition) is 3. The van der Waals surface area contributed by atoms with Crippen LogP contribution in [0.25, 0.3) is 0 Å². The Labute approximate surface area is 173 Å². The molecule has 2 aliphatic rings. The van der Waals surface area contributed by atoms with Crippen molar-refractivity contribution in [1.82, 2.24) is 25.8 Å². The van der Waals surface area contributed by atoms with E-state index in [0.29, 0.717) is 31.2 Å². The van der Waals surface area contributed by atoms with Crippen LogP contribution in [0.15, 0.2) is 24.3 Å². The van der Waals surface area contributed by atoms with Crippen LogP contribution in [0.2, 0.25) is 0 Å². The van der Waals surface area contributed by atoms with Gasteiger partial charge in [0, 0.05) is 31.3 Å². The fourth-order valence-electron chi connectivity index (χ4n) is 3.45. The number of fused-ring (bicyclic) bond motifs is 1. The van der Waals surface area contributed by atoms with E-state index in [9.17, 15) is 24.0 Å². The van der Waals surface area contributed by atoms with Crippen molar-refractivity contribution >= 4 is 35.7 Å². The van der Waals surface area contributed by atoms with Gasteiger partial charge in [-0.1, -0.05) is 0 Å². The summed E-state index contributed by atoms with van der Waals surface area (Å²) >= 11 is 0. The van der Waals surface area contributed by atoms with Gasteiger partial charge in [0.2, 0.25) is 11.8 Å². The minimum absolute atomic E-state index is 0.00386. The Balaban J connectivity index is 1.79. The minimum atomic E-state index is -0.942. The molecule has 0 spiro atoms. The number of rotatable bonds is 6. The SMILES string of the molecule is CNc1ccc(C(=O)NN2CCC(=O)N3CCCC(C(=O)NCC=O)N3C2=O)cc1. The molecule has 2 heterocycles. The zero-order valence-electron chi connectivity index (χ0n) is 16.6. The van der Waals surface area contributed by atoms with Crippen molar-refractivity contribution in [2.75, 3.05) is 32.0 Å². The van der Waals surface area contributed by atoms with Crippen LogP contribution in [-0.4, -0.2) is 77.8 Å². The molecule has 0 bridgehead atoms. The van der Waals surface area contributed by atoms with Crippen molar-refractivity contribution < 1.29 is 24.0 Å². The van der Waals surface area contributed by atoms with E-state index in [1.807, 2.05) is 0 Å². The molecule has 160 valence electrons. The molecule has 30 heavy (non-hydrogen) atoms. The fraction of sp³-hybridized carbons (Fsp3) is 0.421. The van der Waals surface area contributed by atoms with Crippen molar-refractivity contribution in [3.05, 3.63) is 29.8 Å². The highest BCUT2D eigenvalue weighted by atomic mass is 16.2. The number of hydrazine groups is 2. The second-order valence-corrected chi connectivity index (χ2v) is 6.88. The van der Waals surface area contributed by atoms with Crippen molar-refractivity contribution in [2.24, 2.45) is 0 Å². The van der Waals surface area contributed by atoms with Gasteiger partial charge in [-0.25, -0.2) is 19.8 Å². The quantitative estimate of drug-likeness (QED) is 0.547. The number of carbonyl (C=O) groups is 5. The first-order chi connectivity index (χ1) is 14.5. The Bertz CT molecular complexity index is 842. The molecule has 1 aromatic rings. The second kappa shape index (κ2) is 9.25. The fourth-order valence-corrected chi connectivity index (χ4v) is 3.45. The van der Waals surface area contributed by atoms with E-state index in [1.165, 1.54) is 5.01 Å². The van der Waals surface area contributed by atoms with Crippen LogP contribution in [0.4, 0.5) is 10.5 Å². The van der Waals surface area contributed by atoms with Gasteiger partial charge in [0.25, 0.3) is 5.91 Å². The summed E-state index contributed by atoms with van der Waals surface area (Å²) in [5.41, 5.74) is 3.71. The summed E-state index contributed by atoms with van der Waals surface area (Å²) in [6.07, 6.45) is 1.43. The van der Waals surface area contributed by atoms with E-state index in [1.54, 1.807) is 31.3 Å². The van der Waals surface area contributed by atoms with Crippen molar-refractivity contribution in [1.29, 1.82) is 0 Å². The lowest BCUT2D eigenvalue weighted by Gasteiger charge is -2.42. The molecule has 2 fully saturated rings. The molecule has 0 aromatic heterocycles. The molecule has 0 aliphatic carbocycles. The number of urea groups is 1. The summed E-state index contributed by atoms with van der Waals surface area (Å²) in [4.78, 5) is 61.4. The van der Waals surface area contributed by atoms with Crippen LogP contribution in [0.5, 0.6) is 0 Å². The topological polar surface area (TPSA) is 131 Å². The van der Waals surface area contributed by atoms with Crippen molar-refractivity contribution in [2.45, 2.75) is 25.3 Å². The van der Waals surface area contributed by atoms with E-state index in [-0.39, 0.29) is 25.4 Å². The maximum Gasteiger partial charge on any atom is 0.358 e. The van der Waals surface area contributed by atoms with Crippen LogP contribution in [0.3, 0.4) is 0 Å². The lowest BCUT2D eigenvalue weighted by atomic mass is 10.1. The molecular formula is C19H24N6O5. The van der Waals surface area contributed by atoms with Gasteiger partial charge in [-0.05, 0) is 37.1 Å². The second-order valence-electron chi connectivity index (χ2n) is 6.88. The summed E-state index contributed by atoms with van der Waals surface area (Å²) in [6.45, 7) is 0.0946. The number of benzene rings is 1. The molecule has 2 aliphatic heterocycles. The molecule has 11 nitrogen and oxygen atoms in total. The Morgan fingerprint density at radius 2 is 1.90 bits per heavy atom. The third kappa shape index (κ3) is 4.34. The maximum absolute atomic E-state index is 13.2. The van der Waals surface area contributed by atoms with E-state index < -0.39 is 23.9 Å². The van der Waals surface area contributed by atoms with Gasteiger partial charge >= 0.3 is 6.03 Å². The normalized spacial score (nSPS) is 19.0. The Morgan fingerprint density at radius 3 is 2.57 bits per heavy atom. The number of anilines is 1. The predicted octanol–water partition coefficient (Wildman–Crippen LogP) is -0.278. The van der Waals surface area contributed by atoms with E-state index >= 15 is 0 Å². The minimum Gasteiger partial charge on any atom is -0.388 e. The molecule has 3 rings (SSSR count). The zero-order valence-corrected chi connectivity index (χ0v) is 16.6. The molecule has 0 radical (unpaired) electrons. The molecule has 5 amide bonds. The van der Waals surface area contributed by atoms with Gasteiger partial charge in [-0.15, -0.1) is 0 Å². The lowest BCUT2D eigenvalue weighted by molar-refractivity contribution is -0.155. The van der Waals surface area contributed by atoms with Crippen LogP contribution in [0, 0.1) is 0 Å². The van der Waals surface area contributed by atoms with E-state index in [0.717, 1.165) is 15.7 Å². The monoisotopic (exact) mass is 416 g/mol. The van der Waals surface area contributed by atoms with Gasteiger partial charge < -0.3 is 15.4 Å². The number of amides is 5. The Kier molecular flexibility index (Phi) is 6.50. The highest BCUT2D eigenvalue weighted by Gasteiger charge is 2.43. The van der Waals surface area contributed by atoms with Crippen molar-refractivity contribution in [3.63, 3.8) is 0 Å². The lowest BCUT2D eigenvalue weighted by Crippen LogP contribution is -2.64. The summed E-state index contributed by atoms with van der Waals surface area (Å²) < 4.78 is 0. The van der Waals surface area contributed by atoms with Crippen LogP contribution in [0.1, 0.15) is 29.6 Å². The van der Waals surface area contributed by atoms with Crippen molar-refractivity contribution in [3.8, 4) is 0 Å². The summed E-state index contributed by atoms with van der Waals surface area (Å²) in [5.74, 6) is -1.35. The highest BCUT2D eigenvalue weighted by molar-refractivity contribution is 5.97. The molecule has 11 heteroatoms. The first-order valence-corrected chi connectivity index (χ1v) is 9.67. The third-order valence-electron chi connectivity index (χ3n) is 5.00. The molecule has 2 saturated heterocycles. The van der Waals surface area contributed by atoms with E-state index in [4.69, 9.17) is 0 Å². The number of hydrogen-bond acceptors (Lipinski definition) is 6. The average Bonchev–Trinajstić information content (AvgIpc) is 2.89. The zero-order chi connectivity index (χ0) is 21.7. The van der Waals surface area contributed by atoms with Gasteiger partial charge in [0.1, 0.15) is 12.3 Å². The van der Waals surface area contributed by atoms with Crippen LogP contribution >= 0.6 is 0 Å². The largest absolute Gasteiger partial charge is 0.388 e. The molecular weight excluding hydrogens is 392 g/mol. The number of aldehydes is 1. The third-order valence-corrected chi connectivity index (χ3v) is 5.00. The molecule has 1 atom stereocenters. The summed E-state index contributed by atoms with van der Waals surface area (Å²) in [7, 11) is 1.76. The van der Waals surface area contributed by atoms with Gasteiger partial charge in [0.15, 0.2) is 0 Å². The summed E-state index contributed by atoms with van der Waals surface area (Å²) in [6, 6.07) is 5.05. The first kappa shape index (κ1) is 21.1. The number of nitrogens with zero attached hydrogens (tertiary/aromatic N) is 3. The Morgan fingerprint density at radius 1 is 1.17 bits per heavy atom. The van der Waals surface area contributed by atoms with Crippen LogP contribution in [-0.2, 0) is 14.4 Å². The highest BCUT2D eigenvalue weighted by Crippen LogP contribution is 2.23. The van der Waals surface area contributed by atoms with Gasteiger partial charge in [-0.3, -0.25) is 19.8 Å². The van der Waals surface area contributed by atoms with Gasteiger partial charge in [-0.2, -0.15) is 0 Å². The number of carbonyl (C=O) groups excluding carboxylic acids is 5. The molecule has 0 saturated carbocycles. The summed E-state index contributed by atoms with van der Waals surface area (Å²) in [5, 5.41) is 8.78. The molecule has 3 N–H and O–H groups in total. The number of nitrogens with one attached hydrogen (secondary N) is 3. The predicted molar refractivity (Wildman–Crippen MR) is 106 cm³/mol. The standard InChI is InChI=1S/C19H24N6O5/c1-20-14-6-4-13(5-7-14)17(28)22-23-11-8-16(27)24-10-2-3-15(25(24)19(23)30)18(29)21-9-12-26/h4-7,12,15,20H,2-3,8-11H2,1H3,(H,21,29)(H,22,28). The van der Waals surface area contributed by atoms with Gasteiger partial charge in [0.05, 0.1) is 13.1 Å². The first-order valence-electron chi connectivity index (χ1n) is 9.67. The smallest absolute Gasteiger partial charge is 0.358 e. The van der Waals surface area contributed by atoms with E-state index in [2.05, 4.69) is 16.1 Å². The Hall–Kier alpha value is -3.63. The average molecular weight is 416 g/mol. The molecule has 1 aromatic carbocycles. The van der Waals surface area contributed by atoms with Crippen LogP contribution < -0.4 is 16.1 Å². The molecule has 1 unspecified atom stereocenters.